The molecule has 3 N–H and O–H groups in total. The summed E-state index contributed by atoms with van der Waals surface area (Å²) in [4.78, 5) is 40.5. The van der Waals surface area contributed by atoms with Gasteiger partial charge in [-0.1, -0.05) is 43.7 Å². The number of methoxy groups -OCH3 is 1. The average Bonchev–Trinajstić information content (AvgIpc) is 3.34. The van der Waals surface area contributed by atoms with E-state index in [4.69, 9.17) is 14.7 Å². The van der Waals surface area contributed by atoms with E-state index in [2.05, 4.69) is 37.4 Å². The van der Waals surface area contributed by atoms with Crippen molar-refractivity contribution in [2.75, 3.05) is 41.9 Å². The number of carbonyl (C=O) groups excluding carboxylic acids is 1. The maximum Gasteiger partial charge on any atom is 0.323 e. The minimum atomic E-state index is -0.248. The number of anilines is 3. The number of aliphatic hydroxyl groups is 1. The van der Waals surface area contributed by atoms with Gasteiger partial charge in [-0.2, -0.15) is 4.98 Å². The molecule has 1 unspecified atom stereocenters. The lowest BCUT2D eigenvalue weighted by molar-refractivity contribution is 0.161. The topological polar surface area (TPSA) is 142 Å². The van der Waals surface area contributed by atoms with E-state index >= 15 is 0 Å². The van der Waals surface area contributed by atoms with E-state index in [1.54, 1.807) is 23.5 Å². The first kappa shape index (κ1) is 34.5. The van der Waals surface area contributed by atoms with E-state index in [0.29, 0.717) is 30.9 Å². The molecule has 0 radical (unpaired) electrons. The molecule has 0 spiro atoms. The SMILES string of the molecule is CCC[C@@H](CCCNc1ncc(C)c(N2CCCC(O)CC2)n1)N(C(=O)NCc1ccccc1)c1ccc(-c2cnc(OC)nc2)cn1. The van der Waals surface area contributed by atoms with Gasteiger partial charge in [0.1, 0.15) is 11.6 Å². The van der Waals surface area contributed by atoms with Crippen LogP contribution in [-0.2, 0) is 6.54 Å². The van der Waals surface area contributed by atoms with Crippen molar-refractivity contribution < 1.29 is 14.6 Å². The van der Waals surface area contributed by atoms with Gasteiger partial charge in [0, 0.05) is 73.7 Å². The summed E-state index contributed by atoms with van der Waals surface area (Å²) in [6.45, 7) is 6.89. The summed E-state index contributed by atoms with van der Waals surface area (Å²) in [7, 11) is 1.53. The zero-order valence-corrected chi connectivity index (χ0v) is 28.2. The van der Waals surface area contributed by atoms with Gasteiger partial charge in [-0.25, -0.2) is 24.7 Å². The molecular formula is C36H47N9O3. The molecule has 0 bridgehead atoms. The largest absolute Gasteiger partial charge is 0.467 e. The Kier molecular flexibility index (Phi) is 12.5. The number of urea groups is 1. The lowest BCUT2D eigenvalue weighted by Crippen LogP contribution is -2.47. The molecule has 12 nitrogen and oxygen atoms in total. The number of rotatable bonds is 14. The van der Waals surface area contributed by atoms with E-state index in [9.17, 15) is 9.90 Å². The minimum Gasteiger partial charge on any atom is -0.467 e. The van der Waals surface area contributed by atoms with Crippen LogP contribution >= 0.6 is 0 Å². The van der Waals surface area contributed by atoms with Gasteiger partial charge in [-0.15, -0.1) is 0 Å². The van der Waals surface area contributed by atoms with E-state index in [0.717, 1.165) is 86.1 Å². The summed E-state index contributed by atoms with van der Waals surface area (Å²) >= 11 is 0. The van der Waals surface area contributed by atoms with Crippen molar-refractivity contribution in [2.24, 2.45) is 0 Å². The van der Waals surface area contributed by atoms with E-state index in [1.165, 1.54) is 7.11 Å². The number of hydrogen-bond acceptors (Lipinski definition) is 10. The van der Waals surface area contributed by atoms with Gasteiger partial charge in [0.25, 0.3) is 0 Å². The number of carbonyl (C=O) groups is 1. The molecule has 254 valence electrons. The van der Waals surface area contributed by atoms with Crippen molar-refractivity contribution >= 4 is 23.6 Å². The van der Waals surface area contributed by atoms with Gasteiger partial charge >= 0.3 is 12.0 Å². The highest BCUT2D eigenvalue weighted by molar-refractivity contribution is 5.91. The third-order valence-electron chi connectivity index (χ3n) is 8.57. The number of amides is 2. The molecule has 1 fully saturated rings. The monoisotopic (exact) mass is 653 g/mol. The van der Waals surface area contributed by atoms with Gasteiger partial charge in [0.05, 0.1) is 13.2 Å². The summed E-state index contributed by atoms with van der Waals surface area (Å²) in [6.07, 6.45) is 12.6. The highest BCUT2D eigenvalue weighted by Gasteiger charge is 2.26. The van der Waals surface area contributed by atoms with Gasteiger partial charge < -0.3 is 25.4 Å². The molecule has 0 saturated carbocycles. The highest BCUT2D eigenvalue weighted by Crippen LogP contribution is 2.26. The van der Waals surface area contributed by atoms with Crippen LogP contribution in [0.1, 0.15) is 63.0 Å². The van der Waals surface area contributed by atoms with Gasteiger partial charge in [0.15, 0.2) is 0 Å². The number of nitrogens with one attached hydrogen (secondary N) is 2. The first-order chi connectivity index (χ1) is 23.4. The number of pyridine rings is 1. The van der Waals surface area contributed by atoms with Crippen LogP contribution in [-0.4, -0.2) is 74.9 Å². The number of nitrogens with zero attached hydrogens (tertiary/aromatic N) is 7. The second-order valence-electron chi connectivity index (χ2n) is 12.2. The van der Waals surface area contributed by atoms with Crippen LogP contribution < -0.4 is 25.2 Å². The number of hydrogen-bond donors (Lipinski definition) is 3. The standard InChI is InChI=1S/C36H47N9O3/c1-4-10-30(13-8-18-37-34-39-21-26(2)33(43-34)44-19-9-14-31(46)17-20-44)45(36(47)42-22-27-11-6-5-7-12-27)32-16-15-28(23-38-32)29-24-40-35(48-3)41-25-29/h5-7,11-12,15-16,21,23-25,30-31,46H,4,8-10,13-14,17-20,22H2,1-3H3,(H,42,47)(H,37,39,43)/t30-,31?/m0/s1. The van der Waals surface area contributed by atoms with Crippen LogP contribution in [0.4, 0.5) is 22.4 Å². The molecule has 0 aliphatic carbocycles. The number of aryl methyl sites for hydroxylation is 1. The zero-order chi connectivity index (χ0) is 33.7. The maximum absolute atomic E-state index is 13.9. The Labute approximate surface area is 283 Å². The van der Waals surface area contributed by atoms with Crippen molar-refractivity contribution in [3.05, 3.63) is 78.4 Å². The number of aromatic nitrogens is 5. The predicted molar refractivity (Wildman–Crippen MR) is 188 cm³/mol. The smallest absolute Gasteiger partial charge is 0.323 e. The Morgan fingerprint density at radius 1 is 1.00 bits per heavy atom. The maximum atomic E-state index is 13.9. The van der Waals surface area contributed by atoms with Crippen LogP contribution in [0.25, 0.3) is 11.1 Å². The van der Waals surface area contributed by atoms with Crippen molar-refractivity contribution in [2.45, 2.75) is 77.5 Å². The molecule has 4 aromatic rings. The quantitative estimate of drug-likeness (QED) is 0.144. The first-order valence-corrected chi connectivity index (χ1v) is 16.9. The lowest BCUT2D eigenvalue weighted by atomic mass is 10.0. The van der Waals surface area contributed by atoms with Gasteiger partial charge in [-0.3, -0.25) is 4.90 Å². The average molecular weight is 654 g/mol. The van der Waals surface area contributed by atoms with Crippen molar-refractivity contribution in [3.63, 3.8) is 0 Å². The molecular weight excluding hydrogens is 606 g/mol. The molecule has 1 saturated heterocycles. The Bertz CT molecular complexity index is 1570. The first-order valence-electron chi connectivity index (χ1n) is 16.9. The fourth-order valence-electron chi connectivity index (χ4n) is 5.99. The molecule has 2 atom stereocenters. The van der Waals surface area contributed by atoms with Crippen molar-refractivity contribution in [3.8, 4) is 17.1 Å². The van der Waals surface area contributed by atoms with Crippen LogP contribution in [0.5, 0.6) is 6.01 Å². The lowest BCUT2D eigenvalue weighted by Gasteiger charge is -2.31. The van der Waals surface area contributed by atoms with Gasteiger partial charge in [-0.05, 0) is 63.1 Å². The fraction of sp³-hybridized carbons (Fsp3) is 0.444. The molecule has 12 heteroatoms. The minimum absolute atomic E-state index is 0.0757. The highest BCUT2D eigenvalue weighted by atomic mass is 16.5. The Balaban J connectivity index is 1.28. The summed E-state index contributed by atoms with van der Waals surface area (Å²) in [5, 5.41) is 16.6. The van der Waals surface area contributed by atoms with E-state index < -0.39 is 0 Å². The third-order valence-corrected chi connectivity index (χ3v) is 8.57. The molecule has 4 heterocycles. The Morgan fingerprint density at radius 3 is 2.52 bits per heavy atom. The molecule has 3 aromatic heterocycles. The molecule has 1 aromatic carbocycles. The Morgan fingerprint density at radius 2 is 1.79 bits per heavy atom. The molecule has 5 rings (SSSR count). The van der Waals surface area contributed by atoms with Crippen molar-refractivity contribution in [1.82, 2.24) is 30.2 Å². The second-order valence-corrected chi connectivity index (χ2v) is 12.2. The molecule has 1 aliphatic rings. The predicted octanol–water partition coefficient (Wildman–Crippen LogP) is 5.77. The second kappa shape index (κ2) is 17.4. The molecule has 1 aliphatic heterocycles. The summed E-state index contributed by atoms with van der Waals surface area (Å²) in [5.74, 6) is 2.09. The number of benzene rings is 1. The summed E-state index contributed by atoms with van der Waals surface area (Å²) < 4.78 is 5.08. The van der Waals surface area contributed by atoms with Crippen LogP contribution in [0.15, 0.2) is 67.3 Å². The van der Waals surface area contributed by atoms with Crippen LogP contribution in [0, 0.1) is 6.92 Å². The summed E-state index contributed by atoms with van der Waals surface area (Å²) in [6, 6.07) is 13.7. The number of ether oxygens (including phenoxy) is 1. The third kappa shape index (κ3) is 9.37. The molecule has 2 amide bonds. The van der Waals surface area contributed by atoms with Crippen LogP contribution in [0.3, 0.4) is 0 Å². The summed E-state index contributed by atoms with van der Waals surface area (Å²) in [5.41, 5.74) is 3.70. The Hall–Kier alpha value is -4.84. The van der Waals surface area contributed by atoms with Gasteiger partial charge in [0.2, 0.25) is 5.95 Å². The molecule has 48 heavy (non-hydrogen) atoms. The fourth-order valence-corrected chi connectivity index (χ4v) is 5.99. The van der Waals surface area contributed by atoms with Crippen molar-refractivity contribution in [1.29, 1.82) is 0 Å². The number of aliphatic hydroxyl groups excluding tert-OH is 1. The van der Waals surface area contributed by atoms with E-state index in [1.807, 2.05) is 55.6 Å². The van der Waals surface area contributed by atoms with E-state index in [-0.39, 0.29) is 18.2 Å². The zero-order valence-electron chi connectivity index (χ0n) is 28.2. The normalized spacial score (nSPS) is 15.3. The van der Waals surface area contributed by atoms with Crippen LogP contribution in [0.2, 0.25) is 0 Å².